The van der Waals surface area contributed by atoms with E-state index in [1.807, 2.05) is 30.3 Å². The average molecular weight is 429 g/mol. The maximum Gasteiger partial charge on any atom is 0.338 e. The first-order valence-corrected chi connectivity index (χ1v) is 12.0. The molecule has 1 saturated heterocycles. The molecule has 1 aromatic rings. The van der Waals surface area contributed by atoms with Gasteiger partial charge in [-0.15, -0.1) is 0 Å². The van der Waals surface area contributed by atoms with E-state index in [-0.39, 0.29) is 18.0 Å². The summed E-state index contributed by atoms with van der Waals surface area (Å²) < 4.78 is 18.0. The number of fused-ring (bicyclic) bond motifs is 1. The van der Waals surface area contributed by atoms with Gasteiger partial charge in [0.15, 0.2) is 5.79 Å². The van der Waals surface area contributed by atoms with Gasteiger partial charge in [0.1, 0.15) is 6.10 Å². The van der Waals surface area contributed by atoms with Gasteiger partial charge in [-0.1, -0.05) is 49.6 Å². The van der Waals surface area contributed by atoms with Crippen molar-refractivity contribution in [3.8, 4) is 0 Å². The van der Waals surface area contributed by atoms with E-state index in [2.05, 4.69) is 12.2 Å². The summed E-state index contributed by atoms with van der Waals surface area (Å²) in [5.41, 5.74) is 0.615. The molecule has 1 N–H and O–H groups in total. The maximum atomic E-state index is 12.7. The van der Waals surface area contributed by atoms with E-state index >= 15 is 0 Å². The molecule has 5 nitrogen and oxygen atoms in total. The van der Waals surface area contributed by atoms with Crippen LogP contribution in [0, 0.1) is 17.8 Å². The molecule has 3 aliphatic rings. The molecule has 0 bridgehead atoms. The van der Waals surface area contributed by atoms with Crippen molar-refractivity contribution in [2.45, 2.75) is 69.7 Å². The lowest BCUT2D eigenvalue weighted by Gasteiger charge is -2.26. The maximum absolute atomic E-state index is 12.7. The molecule has 1 aromatic carbocycles. The second-order valence-electron chi connectivity index (χ2n) is 9.27. The highest BCUT2D eigenvalue weighted by molar-refractivity contribution is 5.89. The topological polar surface area (TPSA) is 65.0 Å². The minimum absolute atomic E-state index is 0.0812. The number of unbranched alkanes of at least 4 members (excludes halogenated alkanes) is 5. The van der Waals surface area contributed by atoms with Crippen LogP contribution < -0.4 is 0 Å². The number of carbonyl (C=O) groups excluding carboxylic acids is 1. The largest absolute Gasteiger partial charge is 0.458 e. The van der Waals surface area contributed by atoms with Crippen molar-refractivity contribution < 1.29 is 24.1 Å². The smallest absolute Gasteiger partial charge is 0.338 e. The van der Waals surface area contributed by atoms with Gasteiger partial charge < -0.3 is 19.3 Å². The van der Waals surface area contributed by atoms with Crippen LogP contribution in [0.15, 0.2) is 42.5 Å². The predicted molar refractivity (Wildman–Crippen MR) is 119 cm³/mol. The van der Waals surface area contributed by atoms with Crippen LogP contribution in [0.3, 0.4) is 0 Å². The Hall–Kier alpha value is -1.69. The quantitative estimate of drug-likeness (QED) is 0.327. The highest BCUT2D eigenvalue weighted by Gasteiger charge is 2.57. The fraction of sp³-hybridized carbons (Fsp3) is 0.654. The van der Waals surface area contributed by atoms with Crippen LogP contribution >= 0.6 is 0 Å². The Morgan fingerprint density at radius 3 is 2.58 bits per heavy atom. The number of allylic oxidation sites excluding steroid dienone is 1. The van der Waals surface area contributed by atoms with Gasteiger partial charge in [-0.3, -0.25) is 0 Å². The predicted octanol–water partition coefficient (Wildman–Crippen LogP) is 4.89. The van der Waals surface area contributed by atoms with E-state index in [0.29, 0.717) is 37.2 Å². The molecule has 2 saturated carbocycles. The third kappa shape index (κ3) is 5.57. The zero-order valence-electron chi connectivity index (χ0n) is 18.4. The normalized spacial score (nSPS) is 29.1. The first kappa shape index (κ1) is 22.5. The zero-order valence-corrected chi connectivity index (χ0v) is 18.4. The first-order valence-electron chi connectivity index (χ1n) is 12.0. The van der Waals surface area contributed by atoms with Gasteiger partial charge in [0.05, 0.1) is 18.8 Å². The van der Waals surface area contributed by atoms with E-state index < -0.39 is 5.79 Å². The molecule has 1 spiro atoms. The molecule has 170 valence electrons. The van der Waals surface area contributed by atoms with E-state index in [1.165, 1.54) is 12.8 Å². The first-order chi connectivity index (χ1) is 15.2. The van der Waals surface area contributed by atoms with Crippen molar-refractivity contribution in [3.05, 3.63) is 48.0 Å². The van der Waals surface area contributed by atoms with Crippen LogP contribution in [0.1, 0.15) is 68.1 Å². The number of carbonyl (C=O) groups is 1. The zero-order chi connectivity index (χ0) is 21.5. The number of aliphatic hydroxyl groups is 1. The Morgan fingerprint density at radius 2 is 1.81 bits per heavy atom. The van der Waals surface area contributed by atoms with Gasteiger partial charge in [-0.05, 0) is 49.7 Å². The Labute approximate surface area is 185 Å². The number of hydrogen-bond acceptors (Lipinski definition) is 5. The van der Waals surface area contributed by atoms with Crippen LogP contribution in [0.2, 0.25) is 0 Å². The van der Waals surface area contributed by atoms with Gasteiger partial charge in [-0.2, -0.15) is 0 Å². The highest BCUT2D eigenvalue weighted by atomic mass is 16.7. The minimum atomic E-state index is -0.400. The molecule has 3 fully saturated rings. The third-order valence-electron chi connectivity index (χ3n) is 7.15. The third-order valence-corrected chi connectivity index (χ3v) is 7.15. The summed E-state index contributed by atoms with van der Waals surface area (Å²) in [6.07, 6.45) is 13.8. The van der Waals surface area contributed by atoms with Gasteiger partial charge in [0.2, 0.25) is 0 Å². The van der Waals surface area contributed by atoms with Gasteiger partial charge in [0.25, 0.3) is 0 Å². The molecule has 0 aromatic heterocycles. The molecule has 4 rings (SSSR count). The lowest BCUT2D eigenvalue weighted by molar-refractivity contribution is -0.157. The molecular weight excluding hydrogens is 392 g/mol. The summed E-state index contributed by atoms with van der Waals surface area (Å²) in [7, 11) is 0. The number of esters is 1. The van der Waals surface area contributed by atoms with Crippen LogP contribution in [-0.4, -0.2) is 42.8 Å². The molecule has 2 aliphatic carbocycles. The Balaban J connectivity index is 1.36. The van der Waals surface area contributed by atoms with Gasteiger partial charge >= 0.3 is 5.97 Å². The molecule has 0 amide bonds. The second kappa shape index (κ2) is 10.8. The van der Waals surface area contributed by atoms with Gasteiger partial charge in [-0.25, -0.2) is 4.79 Å². The highest BCUT2D eigenvalue weighted by Crippen LogP contribution is 2.55. The number of rotatable bonds is 10. The van der Waals surface area contributed by atoms with Crippen molar-refractivity contribution in [1.29, 1.82) is 0 Å². The SMILES string of the molecule is O=C(O[C@@H]1C[C@@H]2CC3(C[C@@H]2[C@H]1/C=C/CCCCCCCO)OCCO3)c1ccccc1. The van der Waals surface area contributed by atoms with E-state index in [9.17, 15) is 4.79 Å². The number of hydrogen-bond donors (Lipinski definition) is 1. The molecule has 0 unspecified atom stereocenters. The van der Waals surface area contributed by atoms with Crippen molar-refractivity contribution in [1.82, 2.24) is 0 Å². The van der Waals surface area contributed by atoms with Crippen molar-refractivity contribution >= 4 is 5.97 Å². The van der Waals surface area contributed by atoms with Gasteiger partial charge in [0, 0.05) is 25.4 Å². The van der Waals surface area contributed by atoms with Crippen LogP contribution in [-0.2, 0) is 14.2 Å². The van der Waals surface area contributed by atoms with E-state index in [1.54, 1.807) is 0 Å². The molecule has 0 radical (unpaired) electrons. The number of ether oxygens (including phenoxy) is 3. The molecule has 1 heterocycles. The molecular formula is C26H36O5. The fourth-order valence-electron chi connectivity index (χ4n) is 5.66. The average Bonchev–Trinajstić information content (AvgIpc) is 3.47. The summed E-state index contributed by atoms with van der Waals surface area (Å²) in [6, 6.07) is 9.28. The summed E-state index contributed by atoms with van der Waals surface area (Å²) in [5.74, 6) is 0.505. The number of aliphatic hydroxyl groups excluding tert-OH is 1. The van der Waals surface area contributed by atoms with Crippen LogP contribution in [0.5, 0.6) is 0 Å². The van der Waals surface area contributed by atoms with Crippen molar-refractivity contribution in [3.63, 3.8) is 0 Å². The lowest BCUT2D eigenvalue weighted by atomic mass is 9.90. The summed E-state index contributed by atoms with van der Waals surface area (Å²) in [5, 5.41) is 8.87. The second-order valence-corrected chi connectivity index (χ2v) is 9.27. The van der Waals surface area contributed by atoms with Crippen LogP contribution in [0.25, 0.3) is 0 Å². The number of benzene rings is 1. The molecule has 4 atom stereocenters. The minimum Gasteiger partial charge on any atom is -0.458 e. The standard InChI is InChI=1S/C26H36O5/c27-14-10-5-3-1-2-4-9-13-22-23-19-26(29-15-16-30-26)18-21(23)17-24(22)31-25(28)20-11-7-6-8-12-20/h6-9,11-13,21-24,27H,1-5,10,14-19H2/b13-9+/t21-,22-,23+,24-/m1/s1. The molecule has 1 aliphatic heterocycles. The summed E-state index contributed by atoms with van der Waals surface area (Å²) in [6.45, 7) is 1.66. The van der Waals surface area contributed by atoms with E-state index in [0.717, 1.165) is 44.9 Å². The Morgan fingerprint density at radius 1 is 1.06 bits per heavy atom. The fourth-order valence-corrected chi connectivity index (χ4v) is 5.66. The summed E-state index contributed by atoms with van der Waals surface area (Å²) >= 11 is 0. The molecule has 5 heteroatoms. The van der Waals surface area contributed by atoms with Crippen molar-refractivity contribution in [2.75, 3.05) is 19.8 Å². The lowest BCUT2D eigenvalue weighted by Crippen LogP contribution is -2.31. The van der Waals surface area contributed by atoms with Crippen LogP contribution in [0.4, 0.5) is 0 Å². The Kier molecular flexibility index (Phi) is 7.81. The van der Waals surface area contributed by atoms with Crippen molar-refractivity contribution in [2.24, 2.45) is 17.8 Å². The summed E-state index contributed by atoms with van der Waals surface area (Å²) in [4.78, 5) is 12.7. The Bertz CT molecular complexity index is 725. The van der Waals surface area contributed by atoms with E-state index in [4.69, 9.17) is 19.3 Å². The molecule has 31 heavy (non-hydrogen) atoms. The monoisotopic (exact) mass is 428 g/mol.